The molecule has 6 heteroatoms. The summed E-state index contributed by atoms with van der Waals surface area (Å²) in [6, 6.07) is 22.6. The number of hydrogen-bond acceptors (Lipinski definition) is 4. The van der Waals surface area contributed by atoms with Gasteiger partial charge in [-0.05, 0) is 22.4 Å². The van der Waals surface area contributed by atoms with E-state index < -0.39 is 17.7 Å². The first-order chi connectivity index (χ1) is 15.6. The Labute approximate surface area is 187 Å². The highest BCUT2D eigenvalue weighted by atomic mass is 16.5. The van der Waals surface area contributed by atoms with Crippen LogP contribution in [0.15, 0.2) is 72.8 Å². The van der Waals surface area contributed by atoms with Crippen LogP contribution in [0.2, 0.25) is 0 Å². The quantitative estimate of drug-likeness (QED) is 0.683. The Hall–Kier alpha value is -3.22. The molecule has 2 aliphatic rings. The third-order valence-electron chi connectivity index (χ3n) is 6.67. The first-order valence-electron chi connectivity index (χ1n) is 11.0. The van der Waals surface area contributed by atoms with E-state index in [9.17, 15) is 14.7 Å². The van der Waals surface area contributed by atoms with Crippen molar-refractivity contribution in [1.29, 1.82) is 0 Å². The maximum Gasteiger partial charge on any atom is 0.328 e. The molecule has 5 rings (SSSR count). The average molecular weight is 431 g/mol. The highest BCUT2D eigenvalue weighted by Crippen LogP contribution is 2.39. The maximum atomic E-state index is 13.8. The second-order valence-corrected chi connectivity index (χ2v) is 8.57. The normalized spacial score (nSPS) is 20.6. The zero-order chi connectivity index (χ0) is 22.1. The van der Waals surface area contributed by atoms with Crippen molar-refractivity contribution in [3.63, 3.8) is 0 Å². The van der Waals surface area contributed by atoms with Crippen LogP contribution in [0.4, 0.5) is 0 Å². The van der Waals surface area contributed by atoms with Gasteiger partial charge in [0.2, 0.25) is 0 Å². The van der Waals surface area contributed by atoms with E-state index in [2.05, 4.69) is 17.0 Å². The van der Waals surface area contributed by atoms with Gasteiger partial charge in [0, 0.05) is 38.0 Å². The average Bonchev–Trinajstić information content (AvgIpc) is 3.19. The molecule has 0 aromatic heterocycles. The monoisotopic (exact) mass is 430 g/mol. The summed E-state index contributed by atoms with van der Waals surface area (Å²) in [4.78, 5) is 29.7. The molecule has 2 heterocycles. The molecule has 3 aromatic rings. The van der Waals surface area contributed by atoms with Crippen LogP contribution in [-0.2, 0) is 16.1 Å². The molecule has 32 heavy (non-hydrogen) atoms. The van der Waals surface area contributed by atoms with Gasteiger partial charge in [-0.15, -0.1) is 0 Å². The number of carboxylic acids is 1. The van der Waals surface area contributed by atoms with Crippen molar-refractivity contribution >= 4 is 22.6 Å². The zero-order valence-corrected chi connectivity index (χ0v) is 17.8. The van der Waals surface area contributed by atoms with Gasteiger partial charge in [0.15, 0.2) is 6.04 Å². The first kappa shape index (κ1) is 20.7. The zero-order valence-electron chi connectivity index (χ0n) is 17.8. The third-order valence-corrected chi connectivity index (χ3v) is 6.67. The second kappa shape index (κ2) is 8.37. The highest BCUT2D eigenvalue weighted by Gasteiger charge is 2.54. The Morgan fingerprint density at radius 2 is 1.62 bits per heavy atom. The highest BCUT2D eigenvalue weighted by molar-refractivity contribution is 6.08. The van der Waals surface area contributed by atoms with E-state index in [1.54, 1.807) is 6.07 Å². The molecule has 1 spiro atoms. The number of fused-ring (bicyclic) bond motifs is 1. The van der Waals surface area contributed by atoms with Crippen molar-refractivity contribution in [2.75, 3.05) is 19.7 Å². The predicted octanol–water partition coefficient (Wildman–Crippen LogP) is 3.76. The lowest BCUT2D eigenvalue weighted by molar-refractivity contribution is -0.144. The Morgan fingerprint density at radius 3 is 2.38 bits per heavy atom. The maximum absolute atomic E-state index is 13.8. The lowest BCUT2D eigenvalue weighted by Crippen LogP contribution is -2.58. The minimum absolute atomic E-state index is 0.0184. The third kappa shape index (κ3) is 3.66. The van der Waals surface area contributed by atoms with Gasteiger partial charge in [-0.25, -0.2) is 4.79 Å². The molecule has 6 nitrogen and oxygen atoms in total. The van der Waals surface area contributed by atoms with Crippen molar-refractivity contribution in [2.45, 2.75) is 31.2 Å². The SMILES string of the molecule is O=C(O)[C@@H]1COC2(CCN(Cc3ccccc3)CC2)N1C(=O)c1cccc2ccccc12. The molecule has 1 N–H and O–H groups in total. The Kier molecular flexibility index (Phi) is 5.41. The van der Waals surface area contributed by atoms with E-state index in [0.29, 0.717) is 18.4 Å². The van der Waals surface area contributed by atoms with Crippen molar-refractivity contribution in [3.8, 4) is 0 Å². The summed E-state index contributed by atoms with van der Waals surface area (Å²) in [5.41, 5.74) is 0.874. The van der Waals surface area contributed by atoms with E-state index in [4.69, 9.17) is 4.74 Å². The van der Waals surface area contributed by atoms with E-state index in [-0.39, 0.29) is 12.5 Å². The molecule has 0 bridgehead atoms. The molecular weight excluding hydrogens is 404 g/mol. The smallest absolute Gasteiger partial charge is 0.328 e. The number of nitrogens with zero attached hydrogens (tertiary/aromatic N) is 2. The van der Waals surface area contributed by atoms with Crippen LogP contribution in [0.25, 0.3) is 10.8 Å². The molecule has 0 unspecified atom stereocenters. The van der Waals surface area contributed by atoms with Gasteiger partial charge < -0.3 is 9.84 Å². The van der Waals surface area contributed by atoms with Crippen LogP contribution in [0.3, 0.4) is 0 Å². The summed E-state index contributed by atoms with van der Waals surface area (Å²) in [5.74, 6) is -1.30. The fourth-order valence-electron chi connectivity index (χ4n) is 5.00. The van der Waals surface area contributed by atoms with Crippen LogP contribution >= 0.6 is 0 Å². The van der Waals surface area contributed by atoms with E-state index >= 15 is 0 Å². The topological polar surface area (TPSA) is 70.1 Å². The summed E-state index contributed by atoms with van der Waals surface area (Å²) in [5, 5.41) is 11.7. The number of piperidine rings is 1. The number of amides is 1. The molecule has 0 saturated carbocycles. The number of likely N-dealkylation sites (tertiary alicyclic amines) is 1. The molecule has 1 atom stereocenters. The first-order valence-corrected chi connectivity index (χ1v) is 11.0. The van der Waals surface area contributed by atoms with E-state index in [1.807, 2.05) is 54.6 Å². The molecule has 1 amide bonds. The number of carbonyl (C=O) groups is 2. The van der Waals surface area contributed by atoms with Crippen molar-refractivity contribution in [1.82, 2.24) is 9.80 Å². The Balaban J connectivity index is 1.43. The number of carboxylic acid groups (broad SMARTS) is 1. The number of hydrogen-bond donors (Lipinski definition) is 1. The predicted molar refractivity (Wildman–Crippen MR) is 121 cm³/mol. The number of aliphatic carboxylic acids is 1. The van der Waals surface area contributed by atoms with Crippen LogP contribution in [0.1, 0.15) is 28.8 Å². The standard InChI is InChI=1S/C26H26N2O4/c29-24(22-12-6-10-20-9-4-5-11-21(20)22)28-23(25(30)31)18-32-26(28)13-15-27(16-14-26)17-19-7-2-1-3-8-19/h1-12,23H,13-18H2,(H,30,31)/t23-/m0/s1. The molecule has 2 fully saturated rings. The minimum Gasteiger partial charge on any atom is -0.480 e. The van der Waals surface area contributed by atoms with Crippen LogP contribution in [0, 0.1) is 0 Å². The molecule has 3 aromatic carbocycles. The number of carbonyl (C=O) groups excluding carboxylic acids is 1. The summed E-state index contributed by atoms with van der Waals surface area (Å²) in [6.45, 7) is 2.32. The van der Waals surface area contributed by atoms with Gasteiger partial charge in [-0.3, -0.25) is 14.6 Å². The van der Waals surface area contributed by atoms with Gasteiger partial charge in [0.1, 0.15) is 5.72 Å². The minimum atomic E-state index is -1.03. The molecule has 0 radical (unpaired) electrons. The Morgan fingerprint density at radius 1 is 0.938 bits per heavy atom. The summed E-state index contributed by atoms with van der Waals surface area (Å²) < 4.78 is 6.12. The van der Waals surface area contributed by atoms with Gasteiger partial charge >= 0.3 is 5.97 Å². The van der Waals surface area contributed by atoms with E-state index in [0.717, 1.165) is 30.4 Å². The van der Waals surface area contributed by atoms with Gasteiger partial charge in [0.05, 0.1) is 6.61 Å². The fourth-order valence-corrected chi connectivity index (χ4v) is 5.00. The number of rotatable bonds is 4. The van der Waals surface area contributed by atoms with Gasteiger partial charge in [0.25, 0.3) is 5.91 Å². The molecule has 2 saturated heterocycles. The largest absolute Gasteiger partial charge is 0.480 e. The van der Waals surface area contributed by atoms with Gasteiger partial charge in [-0.2, -0.15) is 0 Å². The lowest BCUT2D eigenvalue weighted by atomic mass is 9.95. The van der Waals surface area contributed by atoms with Crippen LogP contribution in [0.5, 0.6) is 0 Å². The summed E-state index contributed by atoms with van der Waals surface area (Å²) in [7, 11) is 0. The van der Waals surface area contributed by atoms with Crippen molar-refractivity contribution in [3.05, 3.63) is 83.9 Å². The fraction of sp³-hybridized carbons (Fsp3) is 0.308. The molecule has 0 aliphatic carbocycles. The van der Waals surface area contributed by atoms with Crippen LogP contribution in [-0.4, -0.2) is 58.2 Å². The Bertz CT molecular complexity index is 1130. The number of ether oxygens (including phenoxy) is 1. The van der Waals surface area contributed by atoms with Crippen LogP contribution < -0.4 is 0 Å². The molecule has 2 aliphatic heterocycles. The van der Waals surface area contributed by atoms with Gasteiger partial charge in [-0.1, -0.05) is 66.7 Å². The molecule has 164 valence electrons. The molecular formula is C26H26N2O4. The van der Waals surface area contributed by atoms with Crippen molar-refractivity contribution in [2.24, 2.45) is 0 Å². The van der Waals surface area contributed by atoms with Crippen molar-refractivity contribution < 1.29 is 19.4 Å². The second-order valence-electron chi connectivity index (χ2n) is 8.57. The summed E-state index contributed by atoms with van der Waals surface area (Å²) in [6.07, 6.45) is 1.17. The van der Waals surface area contributed by atoms with E-state index in [1.165, 1.54) is 10.5 Å². The lowest BCUT2D eigenvalue weighted by Gasteiger charge is -2.44. The number of benzene rings is 3. The summed E-state index contributed by atoms with van der Waals surface area (Å²) >= 11 is 0.